The minimum atomic E-state index is 0.611. The van der Waals surface area contributed by atoms with E-state index in [0.29, 0.717) is 5.17 Å². The van der Waals surface area contributed by atoms with Gasteiger partial charge in [-0.2, -0.15) is 5.10 Å². The van der Waals surface area contributed by atoms with E-state index in [1.165, 1.54) is 5.01 Å². The normalized spacial score (nSPS) is 11.2. The van der Waals surface area contributed by atoms with E-state index in [9.17, 15) is 0 Å². The number of hydrazine groups is 1. The molecule has 1 aromatic carbocycles. The van der Waals surface area contributed by atoms with E-state index in [0.717, 1.165) is 24.3 Å². The number of rotatable bonds is 5. The van der Waals surface area contributed by atoms with Gasteiger partial charge in [0.1, 0.15) is 0 Å². The van der Waals surface area contributed by atoms with Crippen molar-refractivity contribution in [2.75, 3.05) is 10.8 Å². The van der Waals surface area contributed by atoms with Crippen molar-refractivity contribution < 1.29 is 0 Å². The van der Waals surface area contributed by atoms with Crippen LogP contribution in [0.5, 0.6) is 0 Å². The lowest BCUT2D eigenvalue weighted by atomic mass is 10.3. The second kappa shape index (κ2) is 7.76. The van der Waals surface area contributed by atoms with E-state index in [-0.39, 0.29) is 0 Å². The van der Waals surface area contributed by atoms with Gasteiger partial charge in [0.15, 0.2) is 0 Å². The minimum Gasteiger partial charge on any atom is -0.321 e. The van der Waals surface area contributed by atoms with Crippen LogP contribution in [0.1, 0.15) is 12.8 Å². The van der Waals surface area contributed by atoms with Gasteiger partial charge in [0.2, 0.25) is 5.17 Å². The summed E-state index contributed by atoms with van der Waals surface area (Å²) < 4.78 is 0. The first kappa shape index (κ1) is 13.6. The SMILES string of the molecule is C=CCCCS/C(=N/N)N(N)c1ccccc1. The maximum absolute atomic E-state index is 5.95. The van der Waals surface area contributed by atoms with Gasteiger partial charge in [0.25, 0.3) is 0 Å². The summed E-state index contributed by atoms with van der Waals surface area (Å²) >= 11 is 1.54. The summed E-state index contributed by atoms with van der Waals surface area (Å²) in [6, 6.07) is 9.61. The molecule has 0 radical (unpaired) electrons. The molecule has 0 aliphatic rings. The van der Waals surface area contributed by atoms with Crippen molar-refractivity contribution in [1.29, 1.82) is 0 Å². The van der Waals surface area contributed by atoms with Crippen molar-refractivity contribution >= 4 is 22.6 Å². The molecule has 1 rings (SSSR count). The predicted octanol–water partition coefficient (Wildman–Crippen LogP) is 2.30. The highest BCUT2D eigenvalue weighted by Gasteiger charge is 2.09. The van der Waals surface area contributed by atoms with Crippen LogP contribution < -0.4 is 16.7 Å². The zero-order valence-electron chi connectivity index (χ0n) is 9.75. The lowest BCUT2D eigenvalue weighted by molar-refractivity contribution is 0.975. The first-order chi connectivity index (χ1) is 8.29. The zero-order valence-corrected chi connectivity index (χ0v) is 10.6. The fourth-order valence-electron chi connectivity index (χ4n) is 1.26. The van der Waals surface area contributed by atoms with Crippen molar-refractivity contribution in [2.24, 2.45) is 16.8 Å². The number of anilines is 1. The molecule has 17 heavy (non-hydrogen) atoms. The summed E-state index contributed by atoms with van der Waals surface area (Å²) in [7, 11) is 0. The number of amidine groups is 1. The quantitative estimate of drug-likeness (QED) is 0.210. The number of hydrazone groups is 1. The highest BCUT2D eigenvalue weighted by Crippen LogP contribution is 2.16. The number of benzene rings is 1. The smallest absolute Gasteiger partial charge is 0.201 e. The molecular weight excluding hydrogens is 232 g/mol. The van der Waals surface area contributed by atoms with Crippen molar-refractivity contribution in [3.05, 3.63) is 43.0 Å². The number of nitrogens with zero attached hydrogens (tertiary/aromatic N) is 2. The van der Waals surface area contributed by atoms with Crippen molar-refractivity contribution in [3.8, 4) is 0 Å². The molecule has 0 saturated carbocycles. The average Bonchev–Trinajstić information content (AvgIpc) is 2.39. The molecule has 5 heteroatoms. The standard InChI is InChI=1S/C12H18N4S/c1-2-3-7-10-17-12(15-13)16(14)11-8-5-4-6-9-11/h2,4-6,8-9H,1,3,7,10,13-14H2/b15-12+. The van der Waals surface area contributed by atoms with Crippen LogP contribution in [0.2, 0.25) is 0 Å². The molecule has 0 aliphatic carbocycles. The van der Waals surface area contributed by atoms with E-state index in [1.807, 2.05) is 36.4 Å². The Kier molecular flexibility index (Phi) is 6.21. The number of nitrogens with two attached hydrogens (primary N) is 2. The molecule has 0 aliphatic heterocycles. The summed E-state index contributed by atoms with van der Waals surface area (Å²) in [5.74, 6) is 12.2. The minimum absolute atomic E-state index is 0.611. The molecule has 0 saturated heterocycles. The fourth-order valence-corrected chi connectivity index (χ4v) is 2.07. The average molecular weight is 250 g/mol. The first-order valence-electron chi connectivity index (χ1n) is 5.41. The van der Waals surface area contributed by atoms with Gasteiger partial charge >= 0.3 is 0 Å². The van der Waals surface area contributed by atoms with E-state index in [1.54, 1.807) is 11.8 Å². The largest absolute Gasteiger partial charge is 0.321 e. The fraction of sp³-hybridized carbons (Fsp3) is 0.250. The Balaban J connectivity index is 2.53. The Morgan fingerprint density at radius 1 is 1.41 bits per heavy atom. The number of hydrogen-bond donors (Lipinski definition) is 2. The molecule has 4 N–H and O–H groups in total. The van der Waals surface area contributed by atoms with E-state index >= 15 is 0 Å². The third kappa shape index (κ3) is 4.50. The van der Waals surface area contributed by atoms with Gasteiger partial charge in [-0.25, -0.2) is 5.84 Å². The van der Waals surface area contributed by atoms with Crippen LogP contribution >= 0.6 is 11.8 Å². The van der Waals surface area contributed by atoms with Gasteiger partial charge in [-0.1, -0.05) is 36.0 Å². The summed E-state index contributed by atoms with van der Waals surface area (Å²) in [6.07, 6.45) is 3.92. The Morgan fingerprint density at radius 3 is 2.71 bits per heavy atom. The highest BCUT2D eigenvalue weighted by molar-refractivity contribution is 8.14. The third-order valence-corrected chi connectivity index (χ3v) is 3.19. The zero-order chi connectivity index (χ0) is 12.5. The van der Waals surface area contributed by atoms with E-state index < -0.39 is 0 Å². The molecule has 0 amide bonds. The molecular formula is C12H18N4S. The Hall–Kier alpha value is -1.46. The molecule has 92 valence electrons. The number of thioether (sulfide) groups is 1. The second-order valence-corrected chi connectivity index (χ2v) is 4.46. The number of allylic oxidation sites excluding steroid dienone is 1. The number of para-hydroxylation sites is 1. The predicted molar refractivity (Wildman–Crippen MR) is 76.6 cm³/mol. The molecule has 0 atom stereocenters. The first-order valence-corrected chi connectivity index (χ1v) is 6.39. The Morgan fingerprint density at radius 2 is 2.12 bits per heavy atom. The Bertz CT molecular complexity index is 364. The molecule has 0 heterocycles. The van der Waals surface area contributed by atoms with Gasteiger partial charge in [-0.3, -0.25) is 5.01 Å². The molecule has 1 aromatic rings. The lowest BCUT2D eigenvalue weighted by Gasteiger charge is -2.19. The maximum atomic E-state index is 5.95. The van der Waals surface area contributed by atoms with Crippen molar-refractivity contribution in [3.63, 3.8) is 0 Å². The molecule has 0 spiro atoms. The number of unbranched alkanes of at least 4 members (excludes halogenated alkanes) is 1. The van der Waals surface area contributed by atoms with Crippen molar-refractivity contribution in [1.82, 2.24) is 0 Å². The van der Waals surface area contributed by atoms with E-state index in [4.69, 9.17) is 11.7 Å². The molecule has 0 aromatic heterocycles. The summed E-state index contributed by atoms with van der Waals surface area (Å²) in [6.45, 7) is 3.68. The van der Waals surface area contributed by atoms with Crippen LogP contribution in [0.15, 0.2) is 48.1 Å². The van der Waals surface area contributed by atoms with E-state index in [2.05, 4.69) is 11.7 Å². The van der Waals surface area contributed by atoms with Gasteiger partial charge in [0, 0.05) is 5.75 Å². The molecule has 4 nitrogen and oxygen atoms in total. The Labute approximate surface area is 106 Å². The summed E-state index contributed by atoms with van der Waals surface area (Å²) in [5.41, 5.74) is 0.868. The monoisotopic (exact) mass is 250 g/mol. The van der Waals surface area contributed by atoms with Gasteiger partial charge in [-0.05, 0) is 25.0 Å². The van der Waals surface area contributed by atoms with Crippen LogP contribution in [0.4, 0.5) is 5.69 Å². The van der Waals surface area contributed by atoms with Crippen LogP contribution in [0, 0.1) is 0 Å². The van der Waals surface area contributed by atoms with Crippen LogP contribution in [-0.4, -0.2) is 10.9 Å². The van der Waals surface area contributed by atoms with Gasteiger partial charge in [-0.15, -0.1) is 6.58 Å². The van der Waals surface area contributed by atoms with Crippen molar-refractivity contribution in [2.45, 2.75) is 12.8 Å². The van der Waals surface area contributed by atoms with Crippen LogP contribution in [-0.2, 0) is 0 Å². The third-order valence-electron chi connectivity index (χ3n) is 2.13. The van der Waals surface area contributed by atoms with Crippen LogP contribution in [0.25, 0.3) is 0 Å². The summed E-state index contributed by atoms with van der Waals surface area (Å²) in [4.78, 5) is 0. The summed E-state index contributed by atoms with van der Waals surface area (Å²) in [5, 5.41) is 5.83. The topological polar surface area (TPSA) is 67.6 Å². The lowest BCUT2D eigenvalue weighted by Crippen LogP contribution is -2.36. The van der Waals surface area contributed by atoms with Crippen LogP contribution in [0.3, 0.4) is 0 Å². The molecule has 0 fully saturated rings. The number of hydrogen-bond acceptors (Lipinski definition) is 4. The van der Waals surface area contributed by atoms with Gasteiger partial charge < -0.3 is 5.84 Å². The maximum Gasteiger partial charge on any atom is 0.201 e. The second-order valence-electron chi connectivity index (χ2n) is 3.40. The molecule has 0 unspecified atom stereocenters. The molecule has 0 bridgehead atoms. The van der Waals surface area contributed by atoms with Gasteiger partial charge in [0.05, 0.1) is 5.69 Å². The highest BCUT2D eigenvalue weighted by atomic mass is 32.2.